The largest absolute Gasteiger partial charge is 0.466 e. The lowest BCUT2D eigenvalue weighted by molar-refractivity contribution is -0.138. The molecule has 1 N–H and O–H groups in total. The number of carbonyl (C=O) groups is 2. The molecule has 5 heteroatoms. The van der Waals surface area contributed by atoms with Crippen molar-refractivity contribution < 1.29 is 14.0 Å². The number of rotatable bonds is 4. The first-order valence-corrected chi connectivity index (χ1v) is 7.26. The van der Waals surface area contributed by atoms with E-state index >= 15 is 0 Å². The van der Waals surface area contributed by atoms with Gasteiger partial charge in [0.1, 0.15) is 11.5 Å². The first-order chi connectivity index (χ1) is 9.63. The van der Waals surface area contributed by atoms with E-state index in [2.05, 4.69) is 12.2 Å². The van der Waals surface area contributed by atoms with E-state index < -0.39 is 0 Å². The van der Waals surface area contributed by atoms with Gasteiger partial charge < -0.3 is 14.6 Å². The molecule has 1 saturated carbocycles. The molecule has 2 fully saturated rings. The van der Waals surface area contributed by atoms with Crippen molar-refractivity contribution in [2.24, 2.45) is 5.92 Å². The van der Waals surface area contributed by atoms with Crippen LogP contribution in [0.3, 0.4) is 0 Å². The molecule has 2 aliphatic rings. The van der Waals surface area contributed by atoms with E-state index in [1.54, 1.807) is 4.90 Å². The molecule has 1 aromatic heterocycles. The summed E-state index contributed by atoms with van der Waals surface area (Å²) in [6.07, 6.45) is 2.22. The van der Waals surface area contributed by atoms with Crippen LogP contribution in [0.2, 0.25) is 0 Å². The van der Waals surface area contributed by atoms with Crippen LogP contribution in [0, 0.1) is 5.92 Å². The number of piperazine rings is 1. The number of carbonyl (C=O) groups excluding carboxylic acids is 2. The van der Waals surface area contributed by atoms with Crippen molar-refractivity contribution in [3.05, 3.63) is 23.7 Å². The predicted molar refractivity (Wildman–Crippen MR) is 73.1 cm³/mol. The van der Waals surface area contributed by atoms with Crippen molar-refractivity contribution in [1.82, 2.24) is 10.2 Å². The Hall–Kier alpha value is -1.78. The quantitative estimate of drug-likeness (QED) is 0.901. The standard InChI is InChI=1S/C15H20N2O3/c1-10-8-12(10)13-4-2-11(20-13)3-5-15(19)17-7-6-16-14(18)9-17/h2,4,10,12H,3,5-9H2,1H3,(H,16,18). The third-order valence-corrected chi connectivity index (χ3v) is 4.13. The first-order valence-electron chi connectivity index (χ1n) is 7.26. The fraction of sp³-hybridized carbons (Fsp3) is 0.600. The summed E-state index contributed by atoms with van der Waals surface area (Å²) in [4.78, 5) is 24.9. The molecule has 0 aromatic carbocycles. The molecule has 2 unspecified atom stereocenters. The van der Waals surface area contributed by atoms with Crippen LogP contribution in [0.5, 0.6) is 0 Å². The van der Waals surface area contributed by atoms with Gasteiger partial charge in [0.25, 0.3) is 0 Å². The number of aryl methyl sites for hydroxylation is 1. The molecule has 20 heavy (non-hydrogen) atoms. The highest BCUT2D eigenvalue weighted by molar-refractivity contribution is 5.85. The lowest BCUT2D eigenvalue weighted by Crippen LogP contribution is -2.50. The van der Waals surface area contributed by atoms with Gasteiger partial charge in [-0.25, -0.2) is 0 Å². The summed E-state index contributed by atoms with van der Waals surface area (Å²) >= 11 is 0. The van der Waals surface area contributed by atoms with E-state index in [0.29, 0.717) is 31.8 Å². The number of nitrogens with one attached hydrogen (secondary N) is 1. The van der Waals surface area contributed by atoms with Crippen LogP contribution in [0.4, 0.5) is 0 Å². The average molecular weight is 276 g/mol. The summed E-state index contributed by atoms with van der Waals surface area (Å²) in [7, 11) is 0. The molecular weight excluding hydrogens is 256 g/mol. The highest BCUT2D eigenvalue weighted by atomic mass is 16.3. The van der Waals surface area contributed by atoms with Crippen LogP contribution in [-0.2, 0) is 16.0 Å². The van der Waals surface area contributed by atoms with E-state index in [0.717, 1.165) is 17.4 Å². The smallest absolute Gasteiger partial charge is 0.239 e. The Morgan fingerprint density at radius 1 is 1.50 bits per heavy atom. The summed E-state index contributed by atoms with van der Waals surface area (Å²) in [5.41, 5.74) is 0. The second kappa shape index (κ2) is 5.31. The Labute approximate surface area is 118 Å². The molecule has 5 nitrogen and oxygen atoms in total. The van der Waals surface area contributed by atoms with Crippen LogP contribution in [0.15, 0.2) is 16.5 Å². The van der Waals surface area contributed by atoms with Crippen LogP contribution in [0.25, 0.3) is 0 Å². The molecule has 2 amide bonds. The molecule has 2 heterocycles. The number of hydrogen-bond acceptors (Lipinski definition) is 3. The van der Waals surface area contributed by atoms with Crippen molar-refractivity contribution in [2.75, 3.05) is 19.6 Å². The van der Waals surface area contributed by atoms with Gasteiger partial charge in [-0.15, -0.1) is 0 Å². The summed E-state index contributed by atoms with van der Waals surface area (Å²) < 4.78 is 5.79. The highest BCUT2D eigenvalue weighted by Gasteiger charge is 2.36. The summed E-state index contributed by atoms with van der Waals surface area (Å²) in [6.45, 7) is 3.56. The van der Waals surface area contributed by atoms with Crippen molar-refractivity contribution >= 4 is 11.8 Å². The van der Waals surface area contributed by atoms with Gasteiger partial charge in [-0.2, -0.15) is 0 Å². The minimum atomic E-state index is -0.0763. The van der Waals surface area contributed by atoms with Crippen molar-refractivity contribution in [3.63, 3.8) is 0 Å². The molecule has 1 aromatic rings. The SMILES string of the molecule is CC1CC1c1ccc(CCC(=O)N2CCNC(=O)C2)o1. The van der Waals surface area contributed by atoms with Crippen molar-refractivity contribution in [1.29, 1.82) is 0 Å². The predicted octanol–water partition coefficient (Wildman–Crippen LogP) is 1.29. The molecule has 1 aliphatic carbocycles. The van der Waals surface area contributed by atoms with Gasteiger partial charge in [0.05, 0.1) is 6.54 Å². The topological polar surface area (TPSA) is 62.6 Å². The minimum absolute atomic E-state index is 0.0255. The second-order valence-electron chi connectivity index (χ2n) is 5.79. The highest BCUT2D eigenvalue weighted by Crippen LogP contribution is 2.47. The fourth-order valence-corrected chi connectivity index (χ4v) is 2.69. The van der Waals surface area contributed by atoms with Gasteiger partial charge in [-0.1, -0.05) is 6.92 Å². The van der Waals surface area contributed by atoms with Crippen LogP contribution in [-0.4, -0.2) is 36.3 Å². The van der Waals surface area contributed by atoms with E-state index in [-0.39, 0.29) is 18.4 Å². The van der Waals surface area contributed by atoms with E-state index in [9.17, 15) is 9.59 Å². The molecule has 1 aliphatic heterocycles. The third-order valence-electron chi connectivity index (χ3n) is 4.13. The molecule has 0 bridgehead atoms. The number of furan rings is 1. The lowest BCUT2D eigenvalue weighted by Gasteiger charge is -2.26. The maximum atomic E-state index is 12.0. The molecule has 3 rings (SSSR count). The Balaban J connectivity index is 1.50. The maximum Gasteiger partial charge on any atom is 0.239 e. The Morgan fingerprint density at radius 2 is 2.30 bits per heavy atom. The van der Waals surface area contributed by atoms with Gasteiger partial charge in [-0.05, 0) is 24.5 Å². The maximum absolute atomic E-state index is 12.0. The number of nitrogens with zero attached hydrogens (tertiary/aromatic N) is 1. The van der Waals surface area contributed by atoms with Crippen molar-refractivity contribution in [3.8, 4) is 0 Å². The summed E-state index contributed by atoms with van der Waals surface area (Å²) in [5, 5.41) is 2.72. The minimum Gasteiger partial charge on any atom is -0.466 e. The molecule has 0 radical (unpaired) electrons. The number of hydrogen-bond donors (Lipinski definition) is 1. The zero-order valence-electron chi connectivity index (χ0n) is 11.7. The van der Waals surface area contributed by atoms with E-state index in [1.807, 2.05) is 12.1 Å². The monoisotopic (exact) mass is 276 g/mol. The van der Waals surface area contributed by atoms with Gasteiger partial charge >= 0.3 is 0 Å². The summed E-state index contributed by atoms with van der Waals surface area (Å²) in [5.74, 6) is 3.17. The Kier molecular flexibility index (Phi) is 3.51. The van der Waals surface area contributed by atoms with E-state index in [1.165, 1.54) is 6.42 Å². The zero-order chi connectivity index (χ0) is 14.1. The normalized spacial score (nSPS) is 25.4. The van der Waals surface area contributed by atoms with E-state index in [4.69, 9.17) is 4.42 Å². The fourth-order valence-electron chi connectivity index (χ4n) is 2.69. The van der Waals surface area contributed by atoms with Gasteiger partial charge in [0.15, 0.2) is 0 Å². The van der Waals surface area contributed by atoms with Gasteiger partial charge in [0, 0.05) is 31.8 Å². The first kappa shape index (κ1) is 13.2. The van der Waals surface area contributed by atoms with Crippen LogP contribution < -0.4 is 5.32 Å². The number of amides is 2. The van der Waals surface area contributed by atoms with Gasteiger partial charge in [0.2, 0.25) is 11.8 Å². The molecule has 1 saturated heterocycles. The average Bonchev–Trinajstić information content (AvgIpc) is 2.99. The zero-order valence-corrected chi connectivity index (χ0v) is 11.7. The molecule has 2 atom stereocenters. The second-order valence-corrected chi connectivity index (χ2v) is 5.79. The van der Waals surface area contributed by atoms with Crippen LogP contribution >= 0.6 is 0 Å². The van der Waals surface area contributed by atoms with Crippen LogP contribution in [0.1, 0.15) is 37.2 Å². The third kappa shape index (κ3) is 2.86. The van der Waals surface area contributed by atoms with Crippen molar-refractivity contribution in [2.45, 2.75) is 32.1 Å². The lowest BCUT2D eigenvalue weighted by atomic mass is 10.2. The Bertz CT molecular complexity index is 523. The molecular formula is C15H20N2O3. The summed E-state index contributed by atoms with van der Waals surface area (Å²) in [6, 6.07) is 4.00. The molecule has 108 valence electrons. The Morgan fingerprint density at radius 3 is 3.00 bits per heavy atom. The molecule has 0 spiro atoms. The van der Waals surface area contributed by atoms with Gasteiger partial charge in [-0.3, -0.25) is 9.59 Å².